The number of pyridine rings is 1. The summed E-state index contributed by atoms with van der Waals surface area (Å²) in [5.74, 6) is 6.36. The second-order valence-corrected chi connectivity index (χ2v) is 8.81. The molecule has 1 aliphatic heterocycles. The van der Waals surface area contributed by atoms with Crippen molar-refractivity contribution in [3.8, 4) is 11.8 Å². The van der Waals surface area contributed by atoms with Crippen LogP contribution in [0.5, 0.6) is 0 Å². The lowest BCUT2D eigenvalue weighted by Gasteiger charge is -2.34. The molecule has 1 saturated heterocycles. The van der Waals surface area contributed by atoms with Crippen LogP contribution in [-0.2, 0) is 12.7 Å². The van der Waals surface area contributed by atoms with Gasteiger partial charge in [0.15, 0.2) is 0 Å². The van der Waals surface area contributed by atoms with Crippen LogP contribution in [0.4, 0.5) is 19.0 Å². The molecule has 0 amide bonds. The Labute approximate surface area is 172 Å². The molecule has 0 unspecified atom stereocenters. The van der Waals surface area contributed by atoms with E-state index < -0.39 is 17.3 Å². The first kappa shape index (κ1) is 21.6. The lowest BCUT2D eigenvalue weighted by Crippen LogP contribution is -2.45. The molecule has 1 fully saturated rings. The van der Waals surface area contributed by atoms with E-state index >= 15 is 0 Å². The fourth-order valence-electron chi connectivity index (χ4n) is 3.09. The van der Waals surface area contributed by atoms with E-state index in [1.54, 1.807) is 25.2 Å². The van der Waals surface area contributed by atoms with Gasteiger partial charge in [0.25, 0.3) is 0 Å². The Morgan fingerprint density at radius 1 is 1.28 bits per heavy atom. The zero-order valence-electron chi connectivity index (χ0n) is 16.4. The number of anilines is 1. The molecule has 0 spiro atoms. The summed E-state index contributed by atoms with van der Waals surface area (Å²) in [6.45, 7) is 5.49. The Bertz CT molecular complexity index is 876. The molecule has 0 saturated carbocycles. The average molecular weight is 424 g/mol. The molecule has 2 aromatic rings. The zero-order chi connectivity index (χ0) is 21.1. The Kier molecular flexibility index (Phi) is 6.52. The van der Waals surface area contributed by atoms with E-state index in [0.29, 0.717) is 18.9 Å². The maximum Gasteiger partial charge on any atom is 0.417 e. The molecular weight excluding hydrogens is 399 g/mol. The van der Waals surface area contributed by atoms with Gasteiger partial charge >= 0.3 is 6.18 Å². The van der Waals surface area contributed by atoms with Crippen molar-refractivity contribution in [2.24, 2.45) is 0 Å². The number of halogens is 3. The summed E-state index contributed by atoms with van der Waals surface area (Å²) in [5, 5.41) is 13.2. The standard InChI is InChI=1S/C21H24F3N3OS/c1-20(2,28)10-9-17-6-7-18(29-17)13-25-16-4-3-11-27(14-16)19-8-5-15(12-26-19)21(22,23)24/h5-8,12,16,25,28H,3-4,11,13-14H2,1-2H3/t16-/m1/s1. The number of rotatable bonds is 4. The number of aromatic nitrogens is 1. The van der Waals surface area contributed by atoms with Crippen LogP contribution >= 0.6 is 11.3 Å². The quantitative estimate of drug-likeness (QED) is 0.729. The lowest BCUT2D eigenvalue weighted by molar-refractivity contribution is -0.137. The van der Waals surface area contributed by atoms with Gasteiger partial charge in [-0.3, -0.25) is 0 Å². The monoisotopic (exact) mass is 423 g/mol. The highest BCUT2D eigenvalue weighted by atomic mass is 32.1. The molecular formula is C21H24F3N3OS. The number of hydrogen-bond donors (Lipinski definition) is 2. The summed E-state index contributed by atoms with van der Waals surface area (Å²) >= 11 is 1.58. The normalized spacial score (nSPS) is 17.7. The van der Waals surface area contributed by atoms with E-state index in [9.17, 15) is 18.3 Å². The Morgan fingerprint density at radius 2 is 2.07 bits per heavy atom. The van der Waals surface area contributed by atoms with Crippen LogP contribution in [0.2, 0.25) is 0 Å². The first-order chi connectivity index (χ1) is 13.6. The van der Waals surface area contributed by atoms with Crippen molar-refractivity contribution in [2.45, 2.75) is 51.1 Å². The van der Waals surface area contributed by atoms with E-state index in [-0.39, 0.29) is 6.04 Å². The minimum absolute atomic E-state index is 0.237. The summed E-state index contributed by atoms with van der Waals surface area (Å²) in [6, 6.07) is 6.73. The maximum atomic E-state index is 12.7. The van der Waals surface area contributed by atoms with Gasteiger partial charge in [-0.05, 0) is 51.0 Å². The van der Waals surface area contributed by atoms with Crippen molar-refractivity contribution in [1.29, 1.82) is 0 Å². The molecule has 0 aromatic carbocycles. The van der Waals surface area contributed by atoms with E-state index in [2.05, 4.69) is 22.1 Å². The third kappa shape index (κ3) is 6.46. The molecule has 4 nitrogen and oxygen atoms in total. The van der Waals surface area contributed by atoms with Crippen molar-refractivity contribution in [3.63, 3.8) is 0 Å². The van der Waals surface area contributed by atoms with Gasteiger partial charge in [0.05, 0.1) is 10.4 Å². The Balaban J connectivity index is 1.55. The van der Waals surface area contributed by atoms with Crippen LogP contribution < -0.4 is 10.2 Å². The van der Waals surface area contributed by atoms with E-state index in [4.69, 9.17) is 0 Å². The Morgan fingerprint density at radius 3 is 2.72 bits per heavy atom. The molecule has 29 heavy (non-hydrogen) atoms. The molecule has 1 atom stereocenters. The van der Waals surface area contributed by atoms with E-state index in [0.717, 1.165) is 41.4 Å². The van der Waals surface area contributed by atoms with Crippen LogP contribution in [0.25, 0.3) is 0 Å². The number of thiophene rings is 1. The van der Waals surface area contributed by atoms with Gasteiger partial charge in [0, 0.05) is 36.8 Å². The van der Waals surface area contributed by atoms with Gasteiger partial charge in [0.2, 0.25) is 0 Å². The molecule has 1 aliphatic rings. The van der Waals surface area contributed by atoms with Crippen LogP contribution in [0.3, 0.4) is 0 Å². The van der Waals surface area contributed by atoms with Crippen LogP contribution in [-0.4, -0.2) is 34.8 Å². The van der Waals surface area contributed by atoms with Gasteiger partial charge in [-0.25, -0.2) is 4.98 Å². The highest BCUT2D eigenvalue weighted by Gasteiger charge is 2.31. The molecule has 2 N–H and O–H groups in total. The van der Waals surface area contributed by atoms with Crippen molar-refractivity contribution < 1.29 is 18.3 Å². The summed E-state index contributed by atoms with van der Waals surface area (Å²) in [5.41, 5.74) is -1.74. The van der Waals surface area contributed by atoms with Gasteiger partial charge in [0.1, 0.15) is 11.4 Å². The van der Waals surface area contributed by atoms with Crippen molar-refractivity contribution in [1.82, 2.24) is 10.3 Å². The van der Waals surface area contributed by atoms with Gasteiger partial charge in [-0.2, -0.15) is 13.2 Å². The highest BCUT2D eigenvalue weighted by Crippen LogP contribution is 2.29. The highest BCUT2D eigenvalue weighted by molar-refractivity contribution is 7.12. The predicted octanol–water partition coefficient (Wildman–Crippen LogP) is 4.04. The summed E-state index contributed by atoms with van der Waals surface area (Å²) < 4.78 is 38.1. The number of alkyl halides is 3. The predicted molar refractivity (Wildman–Crippen MR) is 109 cm³/mol. The number of nitrogens with one attached hydrogen (secondary N) is 1. The molecule has 3 heterocycles. The maximum absolute atomic E-state index is 12.7. The van der Waals surface area contributed by atoms with Crippen LogP contribution in [0, 0.1) is 11.8 Å². The lowest BCUT2D eigenvalue weighted by atomic mass is 10.1. The molecule has 2 aromatic heterocycles. The largest absolute Gasteiger partial charge is 0.417 e. The first-order valence-electron chi connectivity index (χ1n) is 9.46. The third-order valence-electron chi connectivity index (χ3n) is 4.54. The molecule has 3 rings (SSSR count). The second-order valence-electron chi connectivity index (χ2n) is 7.64. The number of aliphatic hydroxyl groups is 1. The minimum Gasteiger partial charge on any atom is -0.378 e. The van der Waals surface area contributed by atoms with Gasteiger partial charge in [-0.15, -0.1) is 11.3 Å². The minimum atomic E-state index is -4.37. The smallest absolute Gasteiger partial charge is 0.378 e. The molecule has 8 heteroatoms. The van der Waals surface area contributed by atoms with Crippen molar-refractivity contribution in [2.75, 3.05) is 18.0 Å². The topological polar surface area (TPSA) is 48.4 Å². The van der Waals surface area contributed by atoms with E-state index in [1.807, 2.05) is 17.0 Å². The summed E-state index contributed by atoms with van der Waals surface area (Å²) in [7, 11) is 0. The van der Waals surface area contributed by atoms with Gasteiger partial charge < -0.3 is 15.3 Å². The third-order valence-corrected chi connectivity index (χ3v) is 5.54. The number of hydrogen-bond acceptors (Lipinski definition) is 5. The zero-order valence-corrected chi connectivity index (χ0v) is 17.2. The number of piperidine rings is 1. The van der Waals surface area contributed by atoms with Crippen molar-refractivity contribution >= 4 is 17.2 Å². The van der Waals surface area contributed by atoms with Crippen LogP contribution in [0.15, 0.2) is 30.5 Å². The Hall–Kier alpha value is -2.08. The summed E-state index contributed by atoms with van der Waals surface area (Å²) in [6.07, 6.45) is -1.51. The molecule has 156 valence electrons. The SMILES string of the molecule is CC(C)(O)C#Cc1ccc(CN[C@@H]2CCCN(c3ccc(C(F)(F)F)cn3)C2)s1. The van der Waals surface area contributed by atoms with E-state index in [1.165, 1.54) is 6.07 Å². The second kappa shape index (κ2) is 8.74. The molecule has 0 bridgehead atoms. The van der Waals surface area contributed by atoms with Crippen LogP contribution in [0.1, 0.15) is 42.0 Å². The average Bonchev–Trinajstić information content (AvgIpc) is 3.12. The van der Waals surface area contributed by atoms with Gasteiger partial charge in [-0.1, -0.05) is 11.8 Å². The first-order valence-corrected chi connectivity index (χ1v) is 10.3. The number of nitrogens with zero attached hydrogens (tertiary/aromatic N) is 2. The molecule has 0 aliphatic carbocycles. The fourth-order valence-corrected chi connectivity index (χ4v) is 3.90. The fraction of sp³-hybridized carbons (Fsp3) is 0.476. The molecule has 0 radical (unpaired) electrons. The summed E-state index contributed by atoms with van der Waals surface area (Å²) in [4.78, 5) is 8.09. The van der Waals surface area contributed by atoms with Crippen molar-refractivity contribution in [3.05, 3.63) is 45.8 Å².